The van der Waals surface area contributed by atoms with E-state index in [2.05, 4.69) is 0 Å². The molecule has 5 rings (SSSR count). The fraction of sp³-hybridized carbons (Fsp3) is 0. The van der Waals surface area contributed by atoms with Gasteiger partial charge in [0, 0.05) is 0 Å². The van der Waals surface area contributed by atoms with Crippen LogP contribution in [0.5, 0.6) is 0 Å². The van der Waals surface area contributed by atoms with Crippen molar-refractivity contribution < 1.29 is 25.9 Å². The van der Waals surface area contributed by atoms with Gasteiger partial charge in [0.2, 0.25) is 0 Å². The van der Waals surface area contributed by atoms with E-state index in [9.17, 15) is 25.9 Å². The maximum atomic E-state index is 11.4. The Balaban J connectivity index is 1.84. The third kappa shape index (κ3) is 3.86. The van der Waals surface area contributed by atoms with Gasteiger partial charge in [0.15, 0.2) is 0 Å². The first-order chi connectivity index (χ1) is 16.1. The lowest BCUT2D eigenvalue weighted by Gasteiger charge is -2.18. The van der Waals surface area contributed by atoms with Crippen molar-refractivity contribution >= 4 is 41.8 Å². The molecular formula is C26H16O6S2-2. The molecule has 0 atom stereocenters. The van der Waals surface area contributed by atoms with E-state index in [1.165, 1.54) is 24.3 Å². The van der Waals surface area contributed by atoms with Crippen molar-refractivity contribution in [2.45, 2.75) is 9.79 Å². The highest BCUT2D eigenvalue weighted by atomic mass is 32.2. The van der Waals surface area contributed by atoms with E-state index in [1.807, 2.05) is 48.5 Å². The minimum Gasteiger partial charge on any atom is -0.744 e. The van der Waals surface area contributed by atoms with E-state index in [0.29, 0.717) is 0 Å². The van der Waals surface area contributed by atoms with Gasteiger partial charge in [0.1, 0.15) is 20.2 Å². The zero-order chi connectivity index (χ0) is 24.1. The molecule has 0 bridgehead atoms. The lowest BCUT2D eigenvalue weighted by molar-refractivity contribution is 0.461. The van der Waals surface area contributed by atoms with Crippen LogP contribution in [0.3, 0.4) is 0 Å². The summed E-state index contributed by atoms with van der Waals surface area (Å²) in [5.74, 6) is 0. The standard InChI is InChI=1S/C26H18O6S2/c27-33(28,29)19-13-9-17(10-14-19)25-21-5-1-2-6-22(21)26(24-8-4-3-7-23(24)25)18-11-15-20(16-12-18)34(30,31)32/h1-16H,(H,27,28,29)(H,30,31,32)/p-2. The Hall–Kier alpha value is -3.56. The van der Waals surface area contributed by atoms with Gasteiger partial charge < -0.3 is 9.11 Å². The third-order valence-corrected chi connectivity index (χ3v) is 7.49. The highest BCUT2D eigenvalue weighted by molar-refractivity contribution is 7.86. The lowest BCUT2D eigenvalue weighted by Crippen LogP contribution is -1.98. The molecule has 6 nitrogen and oxygen atoms in total. The van der Waals surface area contributed by atoms with Crippen molar-refractivity contribution in [1.29, 1.82) is 0 Å². The van der Waals surface area contributed by atoms with Gasteiger partial charge in [-0.1, -0.05) is 72.8 Å². The first-order valence-corrected chi connectivity index (χ1v) is 13.0. The van der Waals surface area contributed by atoms with Crippen molar-refractivity contribution in [2.75, 3.05) is 0 Å². The van der Waals surface area contributed by atoms with Crippen LogP contribution in [0.4, 0.5) is 0 Å². The van der Waals surface area contributed by atoms with E-state index >= 15 is 0 Å². The molecule has 0 fully saturated rings. The normalized spacial score (nSPS) is 12.3. The summed E-state index contributed by atoms with van der Waals surface area (Å²) < 4.78 is 68.3. The fourth-order valence-corrected chi connectivity index (χ4v) is 5.27. The molecule has 5 aromatic rings. The van der Waals surface area contributed by atoms with E-state index in [-0.39, 0.29) is 9.79 Å². The van der Waals surface area contributed by atoms with Crippen molar-refractivity contribution in [3.05, 3.63) is 97.1 Å². The average molecular weight is 489 g/mol. The Morgan fingerprint density at radius 1 is 0.412 bits per heavy atom. The topological polar surface area (TPSA) is 114 Å². The molecule has 170 valence electrons. The van der Waals surface area contributed by atoms with E-state index < -0.39 is 20.2 Å². The van der Waals surface area contributed by atoms with E-state index in [1.54, 1.807) is 24.3 Å². The highest BCUT2D eigenvalue weighted by Crippen LogP contribution is 2.43. The Morgan fingerprint density at radius 2 is 0.676 bits per heavy atom. The fourth-order valence-electron chi connectivity index (χ4n) is 4.33. The van der Waals surface area contributed by atoms with Gasteiger partial charge in [-0.3, -0.25) is 0 Å². The van der Waals surface area contributed by atoms with Gasteiger partial charge in [-0.05, 0) is 68.1 Å². The molecule has 8 heteroatoms. The Bertz CT molecular complexity index is 1580. The Labute approximate surface area is 196 Å². The van der Waals surface area contributed by atoms with Gasteiger partial charge in [-0.2, -0.15) is 0 Å². The molecule has 0 saturated carbocycles. The number of benzene rings is 5. The predicted octanol–water partition coefficient (Wildman–Crippen LogP) is 5.14. The molecule has 0 aliphatic rings. The number of hydrogen-bond acceptors (Lipinski definition) is 6. The van der Waals surface area contributed by atoms with Gasteiger partial charge in [0.05, 0.1) is 9.79 Å². The van der Waals surface area contributed by atoms with Gasteiger partial charge in [0.25, 0.3) is 0 Å². The summed E-state index contributed by atoms with van der Waals surface area (Å²) in [7, 11) is -9.12. The van der Waals surface area contributed by atoms with E-state index in [4.69, 9.17) is 0 Å². The molecule has 0 unspecified atom stereocenters. The summed E-state index contributed by atoms with van der Waals surface area (Å²) in [6, 6.07) is 27.1. The molecular weight excluding hydrogens is 472 g/mol. The molecule has 0 aromatic heterocycles. The van der Waals surface area contributed by atoms with Crippen LogP contribution in [0.25, 0.3) is 43.8 Å². The summed E-state index contributed by atoms with van der Waals surface area (Å²) in [4.78, 5) is -0.593. The monoisotopic (exact) mass is 488 g/mol. The van der Waals surface area contributed by atoms with Crippen molar-refractivity contribution in [3.8, 4) is 22.3 Å². The van der Waals surface area contributed by atoms with Gasteiger partial charge in [-0.25, -0.2) is 16.8 Å². The smallest absolute Gasteiger partial charge is 0.124 e. The number of rotatable bonds is 4. The number of hydrogen-bond donors (Lipinski definition) is 0. The van der Waals surface area contributed by atoms with Crippen LogP contribution >= 0.6 is 0 Å². The van der Waals surface area contributed by atoms with Crippen LogP contribution in [0.1, 0.15) is 0 Å². The zero-order valence-electron chi connectivity index (χ0n) is 17.5. The first-order valence-electron chi connectivity index (χ1n) is 10.2. The van der Waals surface area contributed by atoms with Crippen molar-refractivity contribution in [2.24, 2.45) is 0 Å². The zero-order valence-corrected chi connectivity index (χ0v) is 19.1. The van der Waals surface area contributed by atoms with E-state index in [0.717, 1.165) is 43.8 Å². The molecule has 5 aromatic carbocycles. The predicted molar refractivity (Wildman–Crippen MR) is 128 cm³/mol. The maximum Gasteiger partial charge on any atom is 0.124 e. The second-order valence-corrected chi connectivity index (χ2v) is 10.6. The third-order valence-electron chi connectivity index (χ3n) is 5.79. The molecule has 0 radical (unpaired) electrons. The molecule has 0 aliphatic heterocycles. The van der Waals surface area contributed by atoms with Crippen LogP contribution < -0.4 is 0 Å². The maximum absolute atomic E-state index is 11.4. The molecule has 0 amide bonds. The average Bonchev–Trinajstić information content (AvgIpc) is 2.81. The molecule has 0 aliphatic carbocycles. The quantitative estimate of drug-likeness (QED) is 0.256. The summed E-state index contributed by atoms with van der Waals surface area (Å²) >= 11 is 0. The molecule has 0 spiro atoms. The lowest BCUT2D eigenvalue weighted by atomic mass is 9.86. The largest absolute Gasteiger partial charge is 0.744 e. The minimum absolute atomic E-state index is 0.296. The van der Waals surface area contributed by atoms with Crippen LogP contribution in [-0.2, 0) is 20.2 Å². The summed E-state index contributed by atoms with van der Waals surface area (Å²) in [6.07, 6.45) is 0. The summed E-state index contributed by atoms with van der Waals surface area (Å²) in [5, 5.41) is 3.59. The van der Waals surface area contributed by atoms with Gasteiger partial charge in [-0.15, -0.1) is 0 Å². The minimum atomic E-state index is -4.56. The van der Waals surface area contributed by atoms with Crippen LogP contribution in [0.15, 0.2) is 107 Å². The molecule has 0 saturated heterocycles. The Morgan fingerprint density at radius 3 is 0.912 bits per heavy atom. The first kappa shape index (κ1) is 22.2. The number of fused-ring (bicyclic) bond motifs is 2. The highest BCUT2D eigenvalue weighted by Gasteiger charge is 2.17. The summed E-state index contributed by atoms with van der Waals surface area (Å²) in [6.45, 7) is 0. The van der Waals surface area contributed by atoms with Crippen molar-refractivity contribution in [1.82, 2.24) is 0 Å². The summed E-state index contributed by atoms with van der Waals surface area (Å²) in [5.41, 5.74) is 3.25. The second-order valence-electron chi connectivity index (χ2n) is 7.80. The van der Waals surface area contributed by atoms with Crippen LogP contribution in [-0.4, -0.2) is 25.9 Å². The van der Waals surface area contributed by atoms with Crippen molar-refractivity contribution in [3.63, 3.8) is 0 Å². The Kier molecular flexibility index (Phi) is 5.26. The van der Waals surface area contributed by atoms with Crippen LogP contribution in [0.2, 0.25) is 0 Å². The molecule has 0 N–H and O–H groups in total. The second kappa shape index (κ2) is 8.03. The molecule has 34 heavy (non-hydrogen) atoms. The van der Waals surface area contributed by atoms with Crippen LogP contribution in [0, 0.1) is 0 Å². The molecule has 0 heterocycles. The van der Waals surface area contributed by atoms with Gasteiger partial charge >= 0.3 is 0 Å². The SMILES string of the molecule is O=S(=O)([O-])c1ccc(-c2c3ccccc3c(-c3ccc(S(=O)(=O)[O-])cc3)c3ccccc23)cc1.